The van der Waals surface area contributed by atoms with E-state index in [0.29, 0.717) is 36.6 Å². The second-order valence-electron chi connectivity index (χ2n) is 5.58. The summed E-state index contributed by atoms with van der Waals surface area (Å²) >= 11 is 0. The summed E-state index contributed by atoms with van der Waals surface area (Å²) in [7, 11) is 0. The highest BCUT2D eigenvalue weighted by molar-refractivity contribution is 5.82. The lowest BCUT2D eigenvalue weighted by Crippen LogP contribution is -2.41. The van der Waals surface area contributed by atoms with E-state index in [2.05, 4.69) is 4.98 Å². The highest BCUT2D eigenvalue weighted by Gasteiger charge is 2.33. The summed E-state index contributed by atoms with van der Waals surface area (Å²) in [5, 5.41) is 17.9. The van der Waals surface area contributed by atoms with E-state index >= 15 is 0 Å². The number of rotatable bonds is 2. The Labute approximate surface area is 123 Å². The standard InChI is InChI=1S/C15H16N4O2/c1-15(2,3-4-16)14(20)19-5-6-21-13-11(7-17)8-18-9-12(13)10-19/h8-9H,3,5-6,10H2,1-2H3. The Morgan fingerprint density at radius 2 is 2.24 bits per heavy atom. The zero-order chi connectivity index (χ0) is 15.5. The lowest BCUT2D eigenvalue weighted by molar-refractivity contribution is -0.140. The van der Waals surface area contributed by atoms with Crippen molar-refractivity contribution in [3.05, 3.63) is 23.5 Å². The molecule has 0 fully saturated rings. The summed E-state index contributed by atoms with van der Waals surface area (Å²) in [6, 6.07) is 4.09. The molecular formula is C15H16N4O2. The summed E-state index contributed by atoms with van der Waals surface area (Å²) in [5.74, 6) is 0.406. The van der Waals surface area contributed by atoms with Crippen LogP contribution in [-0.4, -0.2) is 28.9 Å². The van der Waals surface area contributed by atoms with Crippen LogP contribution >= 0.6 is 0 Å². The molecule has 0 aliphatic carbocycles. The normalized spacial score (nSPS) is 14.2. The Morgan fingerprint density at radius 3 is 2.90 bits per heavy atom. The molecule has 1 aliphatic heterocycles. The topological polar surface area (TPSA) is 90.0 Å². The van der Waals surface area contributed by atoms with Crippen LogP contribution in [0.25, 0.3) is 0 Å². The fourth-order valence-electron chi connectivity index (χ4n) is 2.27. The number of fused-ring (bicyclic) bond motifs is 1. The first kappa shape index (κ1) is 14.8. The van der Waals surface area contributed by atoms with Crippen molar-refractivity contribution in [1.29, 1.82) is 10.5 Å². The predicted octanol–water partition coefficient (Wildman–Crippen LogP) is 1.61. The van der Waals surface area contributed by atoms with Crippen LogP contribution in [0.2, 0.25) is 0 Å². The Kier molecular flexibility index (Phi) is 4.09. The number of pyridine rings is 1. The quantitative estimate of drug-likeness (QED) is 0.823. The number of nitrogens with zero attached hydrogens (tertiary/aromatic N) is 4. The highest BCUT2D eigenvalue weighted by atomic mass is 16.5. The molecule has 0 aromatic carbocycles. The summed E-state index contributed by atoms with van der Waals surface area (Å²) in [6.45, 7) is 4.60. The third-order valence-electron chi connectivity index (χ3n) is 3.45. The lowest BCUT2D eigenvalue weighted by atomic mass is 9.88. The van der Waals surface area contributed by atoms with Gasteiger partial charge in [0.15, 0.2) is 0 Å². The van der Waals surface area contributed by atoms with Gasteiger partial charge >= 0.3 is 0 Å². The van der Waals surface area contributed by atoms with E-state index < -0.39 is 5.41 Å². The molecule has 0 atom stereocenters. The van der Waals surface area contributed by atoms with Crippen molar-refractivity contribution in [1.82, 2.24) is 9.88 Å². The van der Waals surface area contributed by atoms with E-state index in [1.807, 2.05) is 12.1 Å². The average Bonchev–Trinajstić information content (AvgIpc) is 2.68. The van der Waals surface area contributed by atoms with Crippen LogP contribution < -0.4 is 4.74 Å². The van der Waals surface area contributed by atoms with Gasteiger partial charge in [0.1, 0.15) is 24.0 Å². The number of carbonyl (C=O) groups excluding carboxylic acids is 1. The van der Waals surface area contributed by atoms with Gasteiger partial charge in [-0.05, 0) is 0 Å². The van der Waals surface area contributed by atoms with Gasteiger partial charge in [0.05, 0.1) is 24.6 Å². The van der Waals surface area contributed by atoms with E-state index in [0.717, 1.165) is 0 Å². The summed E-state index contributed by atoms with van der Waals surface area (Å²) in [4.78, 5) is 18.2. The van der Waals surface area contributed by atoms with Gasteiger partial charge in [-0.3, -0.25) is 9.78 Å². The molecule has 2 heterocycles. The molecule has 6 heteroatoms. The van der Waals surface area contributed by atoms with Crippen LogP contribution in [0.1, 0.15) is 31.4 Å². The largest absolute Gasteiger partial charge is 0.490 e. The molecule has 0 unspecified atom stereocenters. The van der Waals surface area contributed by atoms with E-state index in [4.69, 9.17) is 15.3 Å². The molecule has 0 radical (unpaired) electrons. The minimum atomic E-state index is -0.737. The van der Waals surface area contributed by atoms with E-state index in [1.54, 1.807) is 24.9 Å². The number of aromatic nitrogens is 1. The van der Waals surface area contributed by atoms with E-state index in [-0.39, 0.29) is 12.3 Å². The van der Waals surface area contributed by atoms with Crippen LogP contribution in [0.5, 0.6) is 5.75 Å². The summed E-state index contributed by atoms with van der Waals surface area (Å²) < 4.78 is 5.60. The predicted molar refractivity (Wildman–Crippen MR) is 73.9 cm³/mol. The first-order valence-corrected chi connectivity index (χ1v) is 6.65. The monoisotopic (exact) mass is 284 g/mol. The van der Waals surface area contributed by atoms with Crippen molar-refractivity contribution in [3.63, 3.8) is 0 Å². The van der Waals surface area contributed by atoms with Crippen LogP contribution in [0.3, 0.4) is 0 Å². The van der Waals surface area contributed by atoms with E-state index in [1.165, 1.54) is 6.20 Å². The lowest BCUT2D eigenvalue weighted by Gasteiger charge is -2.29. The minimum absolute atomic E-state index is 0.0946. The van der Waals surface area contributed by atoms with E-state index in [9.17, 15) is 4.79 Å². The number of nitriles is 2. The molecule has 108 valence electrons. The smallest absolute Gasteiger partial charge is 0.229 e. The minimum Gasteiger partial charge on any atom is -0.490 e. The number of amides is 1. The molecule has 21 heavy (non-hydrogen) atoms. The molecule has 0 spiro atoms. The number of ether oxygens (including phenoxy) is 1. The second-order valence-corrected chi connectivity index (χ2v) is 5.58. The Morgan fingerprint density at radius 1 is 1.48 bits per heavy atom. The van der Waals surface area contributed by atoms with Crippen LogP contribution in [0.4, 0.5) is 0 Å². The van der Waals surface area contributed by atoms with Gasteiger partial charge in [0, 0.05) is 24.4 Å². The van der Waals surface area contributed by atoms with Gasteiger partial charge in [-0.25, -0.2) is 0 Å². The van der Waals surface area contributed by atoms with Gasteiger partial charge in [-0.2, -0.15) is 10.5 Å². The first-order valence-electron chi connectivity index (χ1n) is 6.65. The fourth-order valence-corrected chi connectivity index (χ4v) is 2.27. The average molecular weight is 284 g/mol. The van der Waals surface area contributed by atoms with Gasteiger partial charge in [-0.1, -0.05) is 13.8 Å². The van der Waals surface area contributed by atoms with Crippen molar-refractivity contribution in [2.45, 2.75) is 26.8 Å². The number of carbonyl (C=O) groups is 1. The van der Waals surface area contributed by atoms with Crippen LogP contribution in [0, 0.1) is 28.1 Å². The molecular weight excluding hydrogens is 268 g/mol. The molecule has 0 saturated carbocycles. The third-order valence-corrected chi connectivity index (χ3v) is 3.45. The van der Waals surface area contributed by atoms with Crippen LogP contribution in [0.15, 0.2) is 12.4 Å². The number of hydrogen-bond donors (Lipinski definition) is 0. The molecule has 1 aliphatic rings. The molecule has 6 nitrogen and oxygen atoms in total. The molecule has 1 amide bonds. The van der Waals surface area contributed by atoms with Gasteiger partial charge < -0.3 is 9.64 Å². The zero-order valence-corrected chi connectivity index (χ0v) is 12.1. The third kappa shape index (κ3) is 2.95. The van der Waals surface area contributed by atoms with Crippen molar-refractivity contribution in [2.24, 2.45) is 5.41 Å². The molecule has 1 aromatic rings. The van der Waals surface area contributed by atoms with Crippen molar-refractivity contribution in [3.8, 4) is 17.9 Å². The Hall–Kier alpha value is -2.60. The molecule has 0 bridgehead atoms. The van der Waals surface area contributed by atoms with Crippen molar-refractivity contribution in [2.75, 3.05) is 13.2 Å². The van der Waals surface area contributed by atoms with Gasteiger partial charge in [0.2, 0.25) is 5.91 Å². The van der Waals surface area contributed by atoms with Crippen molar-refractivity contribution >= 4 is 5.91 Å². The maximum absolute atomic E-state index is 12.6. The highest BCUT2D eigenvalue weighted by Crippen LogP contribution is 2.29. The summed E-state index contributed by atoms with van der Waals surface area (Å²) in [6.07, 6.45) is 3.22. The van der Waals surface area contributed by atoms with Gasteiger partial charge in [0.25, 0.3) is 0 Å². The molecule has 0 N–H and O–H groups in total. The molecule has 0 saturated heterocycles. The Balaban J connectivity index is 2.28. The maximum atomic E-state index is 12.6. The summed E-state index contributed by atoms with van der Waals surface area (Å²) in [5.41, 5.74) is 0.352. The SMILES string of the molecule is CC(C)(CC#N)C(=O)N1CCOc2c(C#N)cncc2C1. The van der Waals surface area contributed by atoms with Crippen molar-refractivity contribution < 1.29 is 9.53 Å². The molecule has 1 aromatic heterocycles. The van der Waals surface area contributed by atoms with Gasteiger partial charge in [-0.15, -0.1) is 0 Å². The fraction of sp³-hybridized carbons (Fsp3) is 0.467. The van der Waals surface area contributed by atoms with Crippen LogP contribution in [-0.2, 0) is 11.3 Å². The Bertz CT molecular complexity index is 640. The maximum Gasteiger partial charge on any atom is 0.229 e. The second kappa shape index (κ2) is 5.80. The number of hydrogen-bond acceptors (Lipinski definition) is 5. The molecule has 2 rings (SSSR count). The first-order chi connectivity index (χ1) is 9.99. The zero-order valence-electron chi connectivity index (χ0n) is 12.1.